The number of piperidine rings is 1. The molecular formula is C18H22N2O3S. The van der Waals surface area contributed by atoms with Gasteiger partial charge in [-0.15, -0.1) is 0 Å². The van der Waals surface area contributed by atoms with Crippen LogP contribution in [0.3, 0.4) is 0 Å². The first-order valence-corrected chi connectivity index (χ1v) is 9.54. The van der Waals surface area contributed by atoms with E-state index in [9.17, 15) is 14.4 Å². The van der Waals surface area contributed by atoms with Gasteiger partial charge in [-0.25, -0.2) is 0 Å². The van der Waals surface area contributed by atoms with Gasteiger partial charge in [0.05, 0.1) is 16.9 Å². The van der Waals surface area contributed by atoms with E-state index >= 15 is 0 Å². The predicted molar refractivity (Wildman–Crippen MR) is 94.1 cm³/mol. The predicted octanol–water partition coefficient (Wildman–Crippen LogP) is 2.27. The number of fused-ring (bicyclic) bond motifs is 1. The highest BCUT2D eigenvalue weighted by atomic mass is 32.2. The molecule has 1 atom stereocenters. The molecule has 0 N–H and O–H groups in total. The molecule has 0 bridgehead atoms. The summed E-state index contributed by atoms with van der Waals surface area (Å²) >= 11 is 1.49. The van der Waals surface area contributed by atoms with Gasteiger partial charge in [0.2, 0.25) is 5.91 Å². The van der Waals surface area contributed by atoms with Crippen LogP contribution < -0.4 is 0 Å². The average molecular weight is 346 g/mol. The topological polar surface area (TPSA) is 57.7 Å². The summed E-state index contributed by atoms with van der Waals surface area (Å²) in [6.07, 6.45) is 2.27. The number of rotatable bonds is 5. The molecule has 3 amide bonds. The van der Waals surface area contributed by atoms with E-state index in [2.05, 4.69) is 6.92 Å². The Hall–Kier alpha value is -1.82. The highest BCUT2D eigenvalue weighted by Gasteiger charge is 2.34. The van der Waals surface area contributed by atoms with Crippen LogP contribution in [0, 0.1) is 5.92 Å². The zero-order chi connectivity index (χ0) is 17.1. The molecule has 1 aromatic rings. The second-order valence-corrected chi connectivity index (χ2v) is 7.55. The van der Waals surface area contributed by atoms with Gasteiger partial charge in [-0.05, 0) is 30.9 Å². The van der Waals surface area contributed by atoms with Crippen molar-refractivity contribution in [3.63, 3.8) is 0 Å². The monoisotopic (exact) mass is 346 g/mol. The van der Waals surface area contributed by atoms with Gasteiger partial charge in [-0.1, -0.05) is 19.1 Å². The van der Waals surface area contributed by atoms with Gasteiger partial charge >= 0.3 is 0 Å². The number of thioether (sulfide) groups is 1. The number of hydrogen-bond acceptors (Lipinski definition) is 4. The molecule has 1 aromatic carbocycles. The first-order valence-electron chi connectivity index (χ1n) is 8.38. The molecule has 0 saturated carbocycles. The number of likely N-dealkylation sites (tertiary alicyclic amines) is 1. The standard InChI is InChI=1S/C18H22N2O3S/c1-13-5-4-8-19(11-13)16(21)12-24-10-9-20-17(22)14-6-2-3-7-15(14)18(20)23/h2-3,6-7,13H,4-5,8-12H2,1H3/t13-/m0/s1. The summed E-state index contributed by atoms with van der Waals surface area (Å²) in [6, 6.07) is 6.90. The largest absolute Gasteiger partial charge is 0.342 e. The molecular weight excluding hydrogens is 324 g/mol. The zero-order valence-corrected chi connectivity index (χ0v) is 14.7. The SMILES string of the molecule is C[C@H]1CCCN(C(=O)CSCCN2C(=O)c3ccccc3C2=O)C1. The van der Waals surface area contributed by atoms with E-state index in [0.717, 1.165) is 19.5 Å². The van der Waals surface area contributed by atoms with Crippen LogP contribution in [-0.4, -0.2) is 58.7 Å². The first kappa shape index (κ1) is 17.0. The van der Waals surface area contributed by atoms with Crippen molar-refractivity contribution in [2.45, 2.75) is 19.8 Å². The third-order valence-electron chi connectivity index (χ3n) is 4.57. The molecule has 128 valence electrons. The van der Waals surface area contributed by atoms with Crippen LogP contribution in [0.5, 0.6) is 0 Å². The Bertz CT molecular complexity index is 626. The Labute approximate surface area is 146 Å². The maximum atomic E-state index is 12.2. The molecule has 2 aliphatic rings. The smallest absolute Gasteiger partial charge is 0.261 e. The summed E-state index contributed by atoms with van der Waals surface area (Å²) < 4.78 is 0. The van der Waals surface area contributed by atoms with Crippen molar-refractivity contribution in [2.75, 3.05) is 31.1 Å². The van der Waals surface area contributed by atoms with Crippen LogP contribution in [0.15, 0.2) is 24.3 Å². The Balaban J connectivity index is 1.45. The third kappa shape index (κ3) is 3.48. The number of carbonyl (C=O) groups is 3. The Kier molecular flexibility index (Phi) is 5.23. The van der Waals surface area contributed by atoms with Crippen LogP contribution in [-0.2, 0) is 4.79 Å². The highest BCUT2D eigenvalue weighted by molar-refractivity contribution is 7.99. The molecule has 0 spiro atoms. The van der Waals surface area contributed by atoms with Crippen molar-refractivity contribution in [3.8, 4) is 0 Å². The fraction of sp³-hybridized carbons (Fsp3) is 0.500. The van der Waals surface area contributed by atoms with Crippen molar-refractivity contribution in [2.24, 2.45) is 5.92 Å². The van der Waals surface area contributed by atoms with Crippen molar-refractivity contribution < 1.29 is 14.4 Å². The quantitative estimate of drug-likeness (QED) is 0.606. The van der Waals surface area contributed by atoms with Crippen LogP contribution >= 0.6 is 11.8 Å². The Morgan fingerprint density at radius 2 is 1.88 bits per heavy atom. The molecule has 24 heavy (non-hydrogen) atoms. The summed E-state index contributed by atoms with van der Waals surface area (Å²) in [4.78, 5) is 39.9. The summed E-state index contributed by atoms with van der Waals surface area (Å²) in [5.41, 5.74) is 0.955. The number of amides is 3. The summed E-state index contributed by atoms with van der Waals surface area (Å²) in [5, 5.41) is 0. The van der Waals surface area contributed by atoms with E-state index in [-0.39, 0.29) is 17.7 Å². The lowest BCUT2D eigenvalue weighted by atomic mass is 10.0. The van der Waals surface area contributed by atoms with Crippen LogP contribution in [0.1, 0.15) is 40.5 Å². The fourth-order valence-electron chi connectivity index (χ4n) is 3.26. The summed E-state index contributed by atoms with van der Waals surface area (Å²) in [6.45, 7) is 4.22. The van der Waals surface area contributed by atoms with Crippen molar-refractivity contribution in [1.29, 1.82) is 0 Å². The third-order valence-corrected chi connectivity index (χ3v) is 5.49. The van der Waals surface area contributed by atoms with Gasteiger partial charge in [-0.2, -0.15) is 11.8 Å². The number of benzene rings is 1. The van der Waals surface area contributed by atoms with E-state index in [1.165, 1.54) is 23.1 Å². The molecule has 0 aromatic heterocycles. The normalized spacial score (nSPS) is 20.5. The molecule has 0 radical (unpaired) electrons. The van der Waals surface area contributed by atoms with E-state index in [0.29, 0.717) is 35.1 Å². The number of hydrogen-bond donors (Lipinski definition) is 0. The molecule has 3 rings (SSSR count). The summed E-state index contributed by atoms with van der Waals surface area (Å²) in [5.74, 6) is 1.27. The van der Waals surface area contributed by atoms with Gasteiger partial charge in [0.25, 0.3) is 11.8 Å². The Morgan fingerprint density at radius 1 is 1.21 bits per heavy atom. The minimum atomic E-state index is -0.229. The van der Waals surface area contributed by atoms with Crippen molar-refractivity contribution in [1.82, 2.24) is 9.80 Å². The maximum absolute atomic E-state index is 12.2. The summed E-state index contributed by atoms with van der Waals surface area (Å²) in [7, 11) is 0. The number of carbonyl (C=O) groups excluding carboxylic acids is 3. The molecule has 2 aliphatic heterocycles. The van der Waals surface area contributed by atoms with Crippen LogP contribution in [0.4, 0.5) is 0 Å². The minimum absolute atomic E-state index is 0.161. The molecule has 0 unspecified atom stereocenters. The van der Waals surface area contributed by atoms with E-state index in [1.54, 1.807) is 24.3 Å². The molecule has 1 saturated heterocycles. The van der Waals surface area contributed by atoms with Crippen molar-refractivity contribution in [3.05, 3.63) is 35.4 Å². The second kappa shape index (κ2) is 7.38. The molecule has 2 heterocycles. The van der Waals surface area contributed by atoms with E-state index in [1.807, 2.05) is 4.90 Å². The lowest BCUT2D eigenvalue weighted by molar-refractivity contribution is -0.130. The molecule has 1 fully saturated rings. The zero-order valence-electron chi connectivity index (χ0n) is 13.9. The number of imide groups is 1. The van der Waals surface area contributed by atoms with E-state index < -0.39 is 0 Å². The molecule has 6 heteroatoms. The van der Waals surface area contributed by atoms with Crippen LogP contribution in [0.25, 0.3) is 0 Å². The Morgan fingerprint density at radius 3 is 2.50 bits per heavy atom. The van der Waals surface area contributed by atoms with Gasteiger partial charge < -0.3 is 4.90 Å². The average Bonchev–Trinajstić information content (AvgIpc) is 2.83. The van der Waals surface area contributed by atoms with Gasteiger partial charge in [0.1, 0.15) is 0 Å². The number of nitrogens with zero attached hydrogens (tertiary/aromatic N) is 2. The fourth-order valence-corrected chi connectivity index (χ4v) is 4.08. The first-order chi connectivity index (χ1) is 11.6. The van der Waals surface area contributed by atoms with E-state index in [4.69, 9.17) is 0 Å². The lowest BCUT2D eigenvalue weighted by Gasteiger charge is -2.30. The van der Waals surface area contributed by atoms with Gasteiger partial charge in [0.15, 0.2) is 0 Å². The lowest BCUT2D eigenvalue weighted by Crippen LogP contribution is -2.40. The van der Waals surface area contributed by atoms with Crippen molar-refractivity contribution >= 4 is 29.5 Å². The molecule has 5 nitrogen and oxygen atoms in total. The second-order valence-electron chi connectivity index (χ2n) is 6.45. The maximum Gasteiger partial charge on any atom is 0.261 e. The van der Waals surface area contributed by atoms with Crippen LogP contribution in [0.2, 0.25) is 0 Å². The van der Waals surface area contributed by atoms with Gasteiger partial charge in [-0.3, -0.25) is 19.3 Å². The minimum Gasteiger partial charge on any atom is -0.342 e. The molecule has 0 aliphatic carbocycles. The van der Waals surface area contributed by atoms with Gasteiger partial charge in [0, 0.05) is 25.4 Å². The highest BCUT2D eigenvalue weighted by Crippen LogP contribution is 2.23.